The van der Waals surface area contributed by atoms with Gasteiger partial charge in [0.15, 0.2) is 11.5 Å². The van der Waals surface area contributed by atoms with Crippen molar-refractivity contribution in [1.82, 2.24) is 9.97 Å². The minimum Gasteiger partial charge on any atom is -0.493 e. The van der Waals surface area contributed by atoms with Gasteiger partial charge in [-0.2, -0.15) is 0 Å². The molecule has 110 valence electrons. The molecule has 1 aliphatic carbocycles. The van der Waals surface area contributed by atoms with Crippen molar-refractivity contribution in [2.75, 3.05) is 7.11 Å². The minimum absolute atomic E-state index is 0.0282. The fourth-order valence-corrected chi connectivity index (χ4v) is 2.58. The Bertz CT molecular complexity index is 643. The maximum atomic E-state index is 9.18. The molecule has 0 saturated carbocycles. The van der Waals surface area contributed by atoms with Gasteiger partial charge in [0.25, 0.3) is 0 Å². The highest BCUT2D eigenvalue weighted by molar-refractivity contribution is 5.46. The van der Waals surface area contributed by atoms with E-state index in [1.807, 2.05) is 6.07 Å². The van der Waals surface area contributed by atoms with Gasteiger partial charge >= 0.3 is 0 Å². The molecular weight excluding hydrogens is 268 g/mol. The fourth-order valence-electron chi connectivity index (χ4n) is 2.58. The second-order valence-electron chi connectivity index (χ2n) is 5.06. The van der Waals surface area contributed by atoms with Crippen LogP contribution < -0.4 is 9.47 Å². The zero-order valence-corrected chi connectivity index (χ0v) is 12.0. The predicted molar refractivity (Wildman–Crippen MR) is 77.7 cm³/mol. The third kappa shape index (κ3) is 2.83. The highest BCUT2D eigenvalue weighted by Crippen LogP contribution is 2.35. The van der Waals surface area contributed by atoms with E-state index in [4.69, 9.17) is 9.47 Å². The molecule has 0 spiro atoms. The van der Waals surface area contributed by atoms with Crippen molar-refractivity contribution in [3.8, 4) is 17.4 Å². The lowest BCUT2D eigenvalue weighted by molar-refractivity contribution is 0.280. The van der Waals surface area contributed by atoms with Crippen molar-refractivity contribution in [3.63, 3.8) is 0 Å². The lowest BCUT2D eigenvalue weighted by atomic mass is 9.97. The number of aliphatic hydroxyl groups excluding tert-OH is 1. The van der Waals surface area contributed by atoms with E-state index in [0.717, 1.165) is 42.5 Å². The first-order valence-corrected chi connectivity index (χ1v) is 7.10. The van der Waals surface area contributed by atoms with Crippen molar-refractivity contribution >= 4 is 0 Å². The van der Waals surface area contributed by atoms with Gasteiger partial charge in [0, 0.05) is 5.56 Å². The van der Waals surface area contributed by atoms with Crippen LogP contribution in [0.15, 0.2) is 24.5 Å². The number of hydrogen-bond acceptors (Lipinski definition) is 5. The number of hydrogen-bond donors (Lipinski definition) is 1. The molecule has 0 unspecified atom stereocenters. The average Bonchev–Trinajstić information content (AvgIpc) is 2.55. The number of nitrogens with zero attached hydrogens (tertiary/aromatic N) is 2. The molecule has 1 N–H and O–H groups in total. The second kappa shape index (κ2) is 6.10. The molecule has 0 amide bonds. The summed E-state index contributed by atoms with van der Waals surface area (Å²) < 4.78 is 11.3. The summed E-state index contributed by atoms with van der Waals surface area (Å²) in [7, 11) is 1.58. The van der Waals surface area contributed by atoms with Crippen LogP contribution in [0.4, 0.5) is 0 Å². The zero-order chi connectivity index (χ0) is 14.7. The van der Waals surface area contributed by atoms with Crippen LogP contribution in [-0.4, -0.2) is 22.2 Å². The number of benzene rings is 1. The lowest BCUT2D eigenvalue weighted by Gasteiger charge is -2.18. The van der Waals surface area contributed by atoms with Crippen molar-refractivity contribution in [2.24, 2.45) is 0 Å². The van der Waals surface area contributed by atoms with Crippen molar-refractivity contribution < 1.29 is 14.6 Å². The average molecular weight is 286 g/mol. The number of methoxy groups -OCH3 is 1. The summed E-state index contributed by atoms with van der Waals surface area (Å²) in [5.41, 5.74) is 2.96. The third-order valence-corrected chi connectivity index (χ3v) is 3.70. The molecule has 0 fully saturated rings. The summed E-state index contributed by atoms with van der Waals surface area (Å²) in [6.07, 6.45) is 5.78. The Labute approximate surface area is 123 Å². The molecule has 0 radical (unpaired) electrons. The number of aliphatic hydroxyl groups is 1. The number of aromatic nitrogens is 2. The van der Waals surface area contributed by atoms with Crippen molar-refractivity contribution in [3.05, 3.63) is 41.3 Å². The highest BCUT2D eigenvalue weighted by Gasteiger charge is 2.18. The largest absolute Gasteiger partial charge is 0.493 e. The van der Waals surface area contributed by atoms with Crippen LogP contribution in [0.3, 0.4) is 0 Å². The first kappa shape index (κ1) is 13.8. The van der Waals surface area contributed by atoms with Crippen molar-refractivity contribution in [1.29, 1.82) is 0 Å². The summed E-state index contributed by atoms with van der Waals surface area (Å²) in [5, 5.41) is 9.18. The fraction of sp³-hybridized carbons (Fsp3) is 0.375. The van der Waals surface area contributed by atoms with Crippen LogP contribution in [0.1, 0.15) is 29.7 Å². The third-order valence-electron chi connectivity index (χ3n) is 3.70. The quantitative estimate of drug-likeness (QED) is 0.936. The molecule has 1 aromatic carbocycles. The van der Waals surface area contributed by atoms with E-state index in [-0.39, 0.29) is 6.61 Å². The lowest BCUT2D eigenvalue weighted by Crippen LogP contribution is -2.08. The van der Waals surface area contributed by atoms with Crippen LogP contribution in [0.25, 0.3) is 0 Å². The summed E-state index contributed by atoms with van der Waals surface area (Å²) in [6, 6.07) is 5.37. The van der Waals surface area contributed by atoms with Gasteiger partial charge in [-0.25, -0.2) is 9.97 Å². The smallest absolute Gasteiger partial charge is 0.225 e. The molecule has 0 atom stereocenters. The summed E-state index contributed by atoms with van der Waals surface area (Å²) in [4.78, 5) is 8.60. The molecule has 21 heavy (non-hydrogen) atoms. The van der Waals surface area contributed by atoms with E-state index in [1.165, 1.54) is 0 Å². The van der Waals surface area contributed by atoms with Crippen LogP contribution >= 0.6 is 0 Å². The molecule has 2 aromatic rings. The van der Waals surface area contributed by atoms with Crippen molar-refractivity contribution in [2.45, 2.75) is 32.3 Å². The molecule has 0 bridgehead atoms. The maximum absolute atomic E-state index is 9.18. The molecular formula is C16H18N2O3. The highest BCUT2D eigenvalue weighted by atomic mass is 16.5. The number of aryl methyl sites for hydroxylation is 1. The standard InChI is InChI=1S/C16H18N2O3/c1-20-15-8-11(9-19)6-7-14(15)21-16-12-4-2-3-5-13(12)17-10-18-16/h6-8,10,19H,2-5,9H2,1H3. The van der Waals surface area contributed by atoms with Gasteiger partial charge in [-0.1, -0.05) is 6.07 Å². The zero-order valence-electron chi connectivity index (χ0n) is 12.0. The van der Waals surface area contributed by atoms with E-state index in [9.17, 15) is 5.11 Å². The number of ether oxygens (including phenoxy) is 2. The van der Waals surface area contributed by atoms with E-state index in [1.54, 1.807) is 25.6 Å². The molecule has 1 aromatic heterocycles. The van der Waals surface area contributed by atoms with Crippen LogP contribution in [-0.2, 0) is 19.4 Å². The monoisotopic (exact) mass is 286 g/mol. The summed E-state index contributed by atoms with van der Waals surface area (Å²) in [5.74, 6) is 1.79. The molecule has 3 rings (SSSR count). The number of fused-ring (bicyclic) bond motifs is 1. The van der Waals surface area contributed by atoms with Gasteiger partial charge in [-0.15, -0.1) is 0 Å². The van der Waals surface area contributed by atoms with Gasteiger partial charge in [0.2, 0.25) is 5.88 Å². The maximum Gasteiger partial charge on any atom is 0.225 e. The molecule has 0 aliphatic heterocycles. The van der Waals surface area contributed by atoms with Gasteiger partial charge in [-0.3, -0.25) is 0 Å². The Hall–Kier alpha value is -2.14. The first-order valence-electron chi connectivity index (χ1n) is 7.10. The molecule has 0 saturated heterocycles. The van der Waals surface area contributed by atoms with Crippen LogP contribution in [0.2, 0.25) is 0 Å². The Balaban J connectivity index is 1.93. The minimum atomic E-state index is -0.0282. The van der Waals surface area contributed by atoms with Gasteiger partial charge < -0.3 is 14.6 Å². The molecule has 1 heterocycles. The van der Waals surface area contributed by atoms with Gasteiger partial charge in [0.05, 0.1) is 19.4 Å². The predicted octanol–water partition coefficient (Wildman–Crippen LogP) is 2.65. The first-order chi connectivity index (χ1) is 10.3. The van der Waals surface area contributed by atoms with E-state index in [0.29, 0.717) is 17.4 Å². The Morgan fingerprint density at radius 1 is 1.14 bits per heavy atom. The Morgan fingerprint density at radius 2 is 2.00 bits per heavy atom. The van der Waals surface area contributed by atoms with E-state index >= 15 is 0 Å². The van der Waals surface area contributed by atoms with E-state index < -0.39 is 0 Å². The van der Waals surface area contributed by atoms with Gasteiger partial charge in [-0.05, 0) is 43.4 Å². The molecule has 5 heteroatoms. The summed E-state index contributed by atoms with van der Waals surface area (Å²) in [6.45, 7) is -0.0282. The summed E-state index contributed by atoms with van der Waals surface area (Å²) >= 11 is 0. The SMILES string of the molecule is COc1cc(CO)ccc1Oc1ncnc2c1CCCC2. The molecule has 5 nitrogen and oxygen atoms in total. The van der Waals surface area contributed by atoms with E-state index in [2.05, 4.69) is 9.97 Å². The number of rotatable bonds is 4. The van der Waals surface area contributed by atoms with Crippen LogP contribution in [0.5, 0.6) is 17.4 Å². The Kier molecular flexibility index (Phi) is 4.01. The topological polar surface area (TPSA) is 64.5 Å². The normalized spacial score (nSPS) is 13.6. The second-order valence-corrected chi connectivity index (χ2v) is 5.06. The van der Waals surface area contributed by atoms with Gasteiger partial charge in [0.1, 0.15) is 6.33 Å². The molecule has 1 aliphatic rings. The van der Waals surface area contributed by atoms with Crippen LogP contribution in [0, 0.1) is 0 Å². The Morgan fingerprint density at radius 3 is 2.81 bits per heavy atom.